The maximum atomic E-state index is 12.5. The SMILES string of the molecule is CC(C)(C)NS(=O)(=O)c1cccc(NC(=O)c2cc3cc(Cl)ccc3o2)c1. The van der Waals surface area contributed by atoms with Crippen molar-refractivity contribution in [2.45, 2.75) is 31.2 Å². The normalized spacial score (nSPS) is 12.3. The van der Waals surface area contributed by atoms with E-state index in [4.69, 9.17) is 16.0 Å². The van der Waals surface area contributed by atoms with Gasteiger partial charge in [-0.25, -0.2) is 13.1 Å². The van der Waals surface area contributed by atoms with Crippen LogP contribution >= 0.6 is 11.6 Å². The molecule has 1 amide bonds. The molecule has 0 spiro atoms. The third kappa shape index (κ3) is 4.68. The van der Waals surface area contributed by atoms with Crippen molar-refractivity contribution in [3.63, 3.8) is 0 Å². The fourth-order valence-corrected chi connectivity index (χ4v) is 4.17. The van der Waals surface area contributed by atoms with E-state index < -0.39 is 21.5 Å². The van der Waals surface area contributed by atoms with Crippen LogP contribution in [0.3, 0.4) is 0 Å². The molecule has 0 saturated carbocycles. The van der Waals surface area contributed by atoms with Crippen molar-refractivity contribution in [1.29, 1.82) is 0 Å². The first-order valence-corrected chi connectivity index (χ1v) is 10.0. The molecular weight excluding hydrogens is 388 g/mol. The van der Waals surface area contributed by atoms with Crippen LogP contribution < -0.4 is 10.0 Å². The van der Waals surface area contributed by atoms with Gasteiger partial charge in [-0.15, -0.1) is 0 Å². The number of halogens is 1. The second kappa shape index (κ2) is 6.99. The van der Waals surface area contributed by atoms with E-state index in [0.29, 0.717) is 21.7 Å². The molecule has 1 aromatic heterocycles. The zero-order valence-electron chi connectivity index (χ0n) is 15.0. The molecule has 0 aliphatic carbocycles. The average Bonchev–Trinajstić information content (AvgIpc) is 2.96. The van der Waals surface area contributed by atoms with Crippen LogP contribution in [0.5, 0.6) is 0 Å². The van der Waals surface area contributed by atoms with Gasteiger partial charge in [0.1, 0.15) is 5.58 Å². The Kier molecular flexibility index (Phi) is 5.03. The smallest absolute Gasteiger partial charge is 0.291 e. The summed E-state index contributed by atoms with van der Waals surface area (Å²) in [6.45, 7) is 5.26. The van der Waals surface area contributed by atoms with Gasteiger partial charge in [0.2, 0.25) is 10.0 Å². The molecule has 27 heavy (non-hydrogen) atoms. The Labute approximate surface area is 162 Å². The minimum absolute atomic E-state index is 0.0617. The standard InChI is InChI=1S/C19H19ClN2O4S/c1-19(2,3)22-27(24,25)15-6-4-5-14(11-15)21-18(23)17-10-12-9-13(20)7-8-16(12)26-17/h4-11,22H,1-3H3,(H,21,23). The van der Waals surface area contributed by atoms with Crippen LogP contribution in [0.4, 0.5) is 5.69 Å². The van der Waals surface area contributed by atoms with E-state index in [1.807, 2.05) is 0 Å². The van der Waals surface area contributed by atoms with Crippen molar-refractivity contribution in [1.82, 2.24) is 4.72 Å². The van der Waals surface area contributed by atoms with E-state index in [1.165, 1.54) is 12.1 Å². The van der Waals surface area contributed by atoms with Gasteiger partial charge in [-0.1, -0.05) is 17.7 Å². The predicted octanol–water partition coefficient (Wildman–Crippen LogP) is 4.42. The number of furan rings is 1. The van der Waals surface area contributed by atoms with E-state index >= 15 is 0 Å². The lowest BCUT2D eigenvalue weighted by molar-refractivity contribution is 0.0998. The van der Waals surface area contributed by atoms with Crippen LogP contribution in [0.1, 0.15) is 31.3 Å². The Morgan fingerprint density at radius 3 is 2.52 bits per heavy atom. The molecule has 1 heterocycles. The molecule has 0 bridgehead atoms. The molecule has 3 aromatic rings. The maximum Gasteiger partial charge on any atom is 0.291 e. The Bertz CT molecular complexity index is 1110. The quantitative estimate of drug-likeness (QED) is 0.671. The van der Waals surface area contributed by atoms with Crippen molar-refractivity contribution in [2.75, 3.05) is 5.32 Å². The summed E-state index contributed by atoms with van der Waals surface area (Å²) in [5.74, 6) is -0.381. The Morgan fingerprint density at radius 2 is 1.81 bits per heavy atom. The van der Waals surface area contributed by atoms with Gasteiger partial charge in [-0.05, 0) is 63.2 Å². The zero-order valence-corrected chi connectivity index (χ0v) is 16.6. The summed E-state index contributed by atoms with van der Waals surface area (Å²) in [4.78, 5) is 12.5. The van der Waals surface area contributed by atoms with Gasteiger partial charge in [0.15, 0.2) is 5.76 Å². The first kappa shape index (κ1) is 19.4. The number of anilines is 1. The van der Waals surface area contributed by atoms with E-state index in [1.54, 1.807) is 57.2 Å². The van der Waals surface area contributed by atoms with Crippen LogP contribution in [0.15, 0.2) is 57.8 Å². The number of benzene rings is 2. The minimum atomic E-state index is -3.71. The summed E-state index contributed by atoms with van der Waals surface area (Å²) in [5.41, 5.74) is 0.263. The van der Waals surface area contributed by atoms with Crippen molar-refractivity contribution < 1.29 is 17.6 Å². The largest absolute Gasteiger partial charge is 0.451 e. The van der Waals surface area contributed by atoms with Crippen LogP contribution in [-0.2, 0) is 10.0 Å². The van der Waals surface area contributed by atoms with Gasteiger partial charge in [0, 0.05) is 21.6 Å². The summed E-state index contributed by atoms with van der Waals surface area (Å²) in [6, 6.07) is 12.7. The number of fused-ring (bicyclic) bond motifs is 1. The molecule has 0 aliphatic rings. The highest BCUT2D eigenvalue weighted by Gasteiger charge is 2.22. The highest BCUT2D eigenvalue weighted by molar-refractivity contribution is 7.89. The second-order valence-electron chi connectivity index (χ2n) is 7.13. The minimum Gasteiger partial charge on any atom is -0.451 e. The Balaban J connectivity index is 1.84. The Hall–Kier alpha value is -2.35. The average molecular weight is 407 g/mol. The first-order valence-electron chi connectivity index (χ1n) is 8.18. The summed E-state index contributed by atoms with van der Waals surface area (Å²) in [6.07, 6.45) is 0. The molecule has 0 atom stereocenters. The highest BCUT2D eigenvalue weighted by Crippen LogP contribution is 2.24. The molecule has 142 valence electrons. The fraction of sp³-hybridized carbons (Fsp3) is 0.211. The van der Waals surface area contributed by atoms with Crippen molar-refractivity contribution in [3.05, 3.63) is 59.3 Å². The fourth-order valence-electron chi connectivity index (χ4n) is 2.52. The number of rotatable bonds is 4. The summed E-state index contributed by atoms with van der Waals surface area (Å²) in [5, 5.41) is 3.90. The van der Waals surface area contributed by atoms with E-state index in [2.05, 4.69) is 10.0 Å². The molecule has 0 unspecified atom stereocenters. The molecule has 8 heteroatoms. The van der Waals surface area contributed by atoms with Gasteiger partial charge in [0.05, 0.1) is 4.90 Å². The molecule has 0 fully saturated rings. The van der Waals surface area contributed by atoms with Gasteiger partial charge in [0.25, 0.3) is 5.91 Å². The molecule has 6 nitrogen and oxygen atoms in total. The van der Waals surface area contributed by atoms with Crippen LogP contribution in [-0.4, -0.2) is 19.9 Å². The van der Waals surface area contributed by atoms with Crippen molar-refractivity contribution >= 4 is 44.2 Å². The van der Waals surface area contributed by atoms with E-state index in [0.717, 1.165) is 0 Å². The van der Waals surface area contributed by atoms with E-state index in [-0.39, 0.29) is 10.7 Å². The monoisotopic (exact) mass is 406 g/mol. The second-order valence-corrected chi connectivity index (χ2v) is 9.25. The van der Waals surface area contributed by atoms with Gasteiger partial charge >= 0.3 is 0 Å². The molecule has 2 N–H and O–H groups in total. The lowest BCUT2D eigenvalue weighted by Gasteiger charge is -2.20. The van der Waals surface area contributed by atoms with Crippen molar-refractivity contribution in [2.24, 2.45) is 0 Å². The topological polar surface area (TPSA) is 88.4 Å². The number of carbonyl (C=O) groups excluding carboxylic acids is 1. The molecule has 3 rings (SSSR count). The molecule has 0 radical (unpaired) electrons. The van der Waals surface area contributed by atoms with Crippen LogP contribution in [0, 0.1) is 0 Å². The lowest BCUT2D eigenvalue weighted by Crippen LogP contribution is -2.40. The van der Waals surface area contributed by atoms with Gasteiger partial charge in [-0.2, -0.15) is 0 Å². The number of hydrogen-bond donors (Lipinski definition) is 2. The lowest BCUT2D eigenvalue weighted by atomic mass is 10.1. The van der Waals surface area contributed by atoms with E-state index in [9.17, 15) is 13.2 Å². The predicted molar refractivity (Wildman–Crippen MR) is 106 cm³/mol. The van der Waals surface area contributed by atoms with Crippen molar-refractivity contribution in [3.8, 4) is 0 Å². The first-order chi connectivity index (χ1) is 12.5. The number of sulfonamides is 1. The number of nitrogens with one attached hydrogen (secondary N) is 2. The number of amides is 1. The number of carbonyl (C=O) groups is 1. The maximum absolute atomic E-state index is 12.5. The highest BCUT2D eigenvalue weighted by atomic mass is 35.5. The van der Waals surface area contributed by atoms with Crippen LogP contribution in [0.2, 0.25) is 5.02 Å². The zero-order chi connectivity index (χ0) is 19.8. The molecule has 0 aliphatic heterocycles. The van der Waals surface area contributed by atoms with Crippen LogP contribution in [0.25, 0.3) is 11.0 Å². The summed E-state index contributed by atoms with van der Waals surface area (Å²) < 4.78 is 33.0. The van der Waals surface area contributed by atoms with Gasteiger partial charge < -0.3 is 9.73 Å². The Morgan fingerprint density at radius 1 is 1.07 bits per heavy atom. The summed E-state index contributed by atoms with van der Waals surface area (Å²) in [7, 11) is -3.71. The molecule has 2 aromatic carbocycles. The molecular formula is C19H19ClN2O4S. The third-order valence-corrected chi connectivity index (χ3v) is 5.54. The summed E-state index contributed by atoms with van der Waals surface area (Å²) >= 11 is 5.94. The van der Waals surface area contributed by atoms with Gasteiger partial charge in [-0.3, -0.25) is 4.79 Å². The molecule has 0 saturated heterocycles. The number of hydrogen-bond acceptors (Lipinski definition) is 4. The third-order valence-electron chi connectivity index (χ3n) is 3.54.